The second-order valence-electron chi connectivity index (χ2n) is 4.31. The van der Waals surface area contributed by atoms with Gasteiger partial charge >= 0.3 is 0 Å². The summed E-state index contributed by atoms with van der Waals surface area (Å²) in [6.45, 7) is 0. The van der Waals surface area contributed by atoms with Crippen LogP contribution >= 0.6 is 0 Å². The molecular weight excluding hydrogens is 260 g/mol. The molecule has 2 aromatic carbocycles. The third-order valence-corrected chi connectivity index (χ3v) is 3.02. The lowest BCUT2D eigenvalue weighted by atomic mass is 9.98. The third kappa shape index (κ3) is 2.97. The Balaban J connectivity index is 2.39. The van der Waals surface area contributed by atoms with E-state index in [-0.39, 0.29) is 17.7 Å². The molecule has 0 fully saturated rings. The van der Waals surface area contributed by atoms with Crippen molar-refractivity contribution < 1.29 is 9.85 Å². The van der Waals surface area contributed by atoms with E-state index >= 15 is 0 Å². The van der Waals surface area contributed by atoms with Gasteiger partial charge in [-0.25, -0.2) is 0 Å². The fourth-order valence-electron chi connectivity index (χ4n) is 2.07. The van der Waals surface area contributed by atoms with E-state index in [4.69, 9.17) is 0 Å². The van der Waals surface area contributed by atoms with Crippen molar-refractivity contribution in [3.05, 3.63) is 86.0 Å². The second-order valence-corrected chi connectivity index (χ2v) is 4.31. The van der Waals surface area contributed by atoms with Crippen LogP contribution in [0, 0.1) is 20.2 Å². The molecule has 102 valence electrons. The minimum absolute atomic E-state index is 0.124. The van der Waals surface area contributed by atoms with Crippen molar-refractivity contribution in [1.29, 1.82) is 0 Å². The zero-order chi connectivity index (χ0) is 14.5. The van der Waals surface area contributed by atoms with E-state index in [1.165, 1.54) is 18.2 Å². The molecule has 0 aromatic heterocycles. The highest BCUT2D eigenvalue weighted by Gasteiger charge is 2.30. The van der Waals surface area contributed by atoms with Gasteiger partial charge in [0.15, 0.2) is 0 Å². The van der Waals surface area contributed by atoms with Gasteiger partial charge in [-0.2, -0.15) is 0 Å². The number of benzene rings is 2. The van der Waals surface area contributed by atoms with E-state index < -0.39 is 15.9 Å². The predicted molar refractivity (Wildman–Crippen MR) is 73.0 cm³/mol. The Morgan fingerprint density at radius 2 is 1.50 bits per heavy atom. The largest absolute Gasteiger partial charge is 0.279 e. The van der Waals surface area contributed by atoms with Gasteiger partial charge in [-0.1, -0.05) is 42.5 Å². The Labute approximate surface area is 115 Å². The van der Waals surface area contributed by atoms with Gasteiger partial charge in [0.05, 0.1) is 4.92 Å². The molecule has 2 aromatic rings. The van der Waals surface area contributed by atoms with Gasteiger partial charge in [0.1, 0.15) is 5.56 Å². The SMILES string of the molecule is O=[N+]([O-])c1ccccc1C(Cc1ccccc1)[N+](=O)[O-]. The van der Waals surface area contributed by atoms with Gasteiger partial charge in [-0.15, -0.1) is 0 Å². The fraction of sp³-hybridized carbons (Fsp3) is 0.143. The molecule has 0 spiro atoms. The number of nitro benzene ring substituents is 1. The molecule has 6 heteroatoms. The average molecular weight is 272 g/mol. The lowest BCUT2D eigenvalue weighted by molar-refractivity contribution is -0.530. The van der Waals surface area contributed by atoms with Crippen molar-refractivity contribution in [2.45, 2.75) is 12.5 Å². The summed E-state index contributed by atoms with van der Waals surface area (Å²) in [6, 6.07) is 13.6. The summed E-state index contributed by atoms with van der Waals surface area (Å²) in [7, 11) is 0. The van der Waals surface area contributed by atoms with E-state index in [0.29, 0.717) is 0 Å². The molecule has 0 saturated heterocycles. The lowest BCUT2D eigenvalue weighted by Crippen LogP contribution is -2.15. The summed E-state index contributed by atoms with van der Waals surface area (Å²) in [5.74, 6) is 0. The van der Waals surface area contributed by atoms with Crippen molar-refractivity contribution in [3.8, 4) is 0 Å². The van der Waals surface area contributed by atoms with Gasteiger partial charge in [-0.05, 0) is 11.6 Å². The first-order chi connectivity index (χ1) is 9.59. The maximum Gasteiger partial charge on any atom is 0.279 e. The minimum atomic E-state index is -1.13. The van der Waals surface area contributed by atoms with E-state index in [0.717, 1.165) is 5.56 Å². The first-order valence-electron chi connectivity index (χ1n) is 6.00. The molecular formula is C14H12N2O4. The van der Waals surface area contributed by atoms with Crippen LogP contribution in [0.1, 0.15) is 17.2 Å². The van der Waals surface area contributed by atoms with Crippen molar-refractivity contribution in [3.63, 3.8) is 0 Å². The number of hydrogen-bond donors (Lipinski definition) is 0. The summed E-state index contributed by atoms with van der Waals surface area (Å²) in [4.78, 5) is 21.2. The van der Waals surface area contributed by atoms with Gasteiger partial charge in [0.25, 0.3) is 5.69 Å². The molecule has 20 heavy (non-hydrogen) atoms. The van der Waals surface area contributed by atoms with Crippen LogP contribution in [-0.2, 0) is 6.42 Å². The first kappa shape index (κ1) is 13.7. The van der Waals surface area contributed by atoms with Crippen LogP contribution in [0.2, 0.25) is 0 Å². The first-order valence-corrected chi connectivity index (χ1v) is 6.00. The summed E-state index contributed by atoms with van der Waals surface area (Å²) in [5.41, 5.74) is 0.684. The zero-order valence-electron chi connectivity index (χ0n) is 10.5. The Morgan fingerprint density at radius 1 is 0.900 bits per heavy atom. The van der Waals surface area contributed by atoms with Gasteiger partial charge in [-0.3, -0.25) is 20.2 Å². The van der Waals surface area contributed by atoms with Crippen molar-refractivity contribution >= 4 is 5.69 Å². The van der Waals surface area contributed by atoms with Gasteiger partial charge < -0.3 is 0 Å². The third-order valence-electron chi connectivity index (χ3n) is 3.02. The monoisotopic (exact) mass is 272 g/mol. The van der Waals surface area contributed by atoms with Crippen LogP contribution in [0.15, 0.2) is 54.6 Å². The van der Waals surface area contributed by atoms with Crippen molar-refractivity contribution in [2.24, 2.45) is 0 Å². The molecule has 0 radical (unpaired) electrons. The smallest absolute Gasteiger partial charge is 0.264 e. The van der Waals surface area contributed by atoms with Gasteiger partial charge in [0, 0.05) is 17.4 Å². The van der Waals surface area contributed by atoms with Crippen LogP contribution in [0.5, 0.6) is 0 Å². The Hall–Kier alpha value is -2.76. The number of nitro groups is 2. The molecule has 0 saturated carbocycles. The number of hydrogen-bond acceptors (Lipinski definition) is 4. The molecule has 0 N–H and O–H groups in total. The topological polar surface area (TPSA) is 86.3 Å². The molecule has 2 rings (SSSR count). The zero-order valence-corrected chi connectivity index (χ0v) is 10.5. The second kappa shape index (κ2) is 5.92. The van der Waals surface area contributed by atoms with Crippen LogP contribution in [0.25, 0.3) is 0 Å². The average Bonchev–Trinajstić information content (AvgIpc) is 2.45. The minimum Gasteiger partial charge on any atom is -0.264 e. The Morgan fingerprint density at radius 3 is 2.10 bits per heavy atom. The maximum atomic E-state index is 11.3. The van der Waals surface area contributed by atoms with Crippen LogP contribution in [0.4, 0.5) is 5.69 Å². The molecule has 0 aliphatic rings. The predicted octanol–water partition coefficient (Wildman–Crippen LogP) is 3.16. The molecule has 0 aliphatic heterocycles. The normalized spacial score (nSPS) is 11.8. The molecule has 0 heterocycles. The molecule has 1 atom stereocenters. The summed E-state index contributed by atoms with van der Waals surface area (Å²) < 4.78 is 0. The van der Waals surface area contributed by atoms with Crippen LogP contribution < -0.4 is 0 Å². The van der Waals surface area contributed by atoms with E-state index in [1.54, 1.807) is 30.3 Å². The maximum absolute atomic E-state index is 11.3. The van der Waals surface area contributed by atoms with Crippen LogP contribution in [-0.4, -0.2) is 9.85 Å². The van der Waals surface area contributed by atoms with Gasteiger partial charge in [0.2, 0.25) is 6.04 Å². The number of rotatable bonds is 5. The molecule has 0 bridgehead atoms. The Kier molecular flexibility index (Phi) is 4.05. The fourth-order valence-corrected chi connectivity index (χ4v) is 2.07. The van der Waals surface area contributed by atoms with Crippen LogP contribution in [0.3, 0.4) is 0 Å². The van der Waals surface area contributed by atoms with Crippen molar-refractivity contribution in [1.82, 2.24) is 0 Å². The lowest BCUT2D eigenvalue weighted by Gasteiger charge is -2.10. The van der Waals surface area contributed by atoms with E-state index in [1.807, 2.05) is 6.07 Å². The Bertz CT molecular complexity index is 628. The summed E-state index contributed by atoms with van der Waals surface area (Å²) in [5, 5.41) is 22.2. The highest BCUT2D eigenvalue weighted by atomic mass is 16.6. The van der Waals surface area contributed by atoms with Crippen molar-refractivity contribution in [2.75, 3.05) is 0 Å². The highest BCUT2D eigenvalue weighted by Crippen LogP contribution is 2.29. The molecule has 0 aliphatic carbocycles. The molecule has 1 unspecified atom stereocenters. The van der Waals surface area contributed by atoms with E-state index in [2.05, 4.69) is 0 Å². The quantitative estimate of drug-likeness (QED) is 0.618. The van der Waals surface area contributed by atoms with E-state index in [9.17, 15) is 20.2 Å². The molecule has 6 nitrogen and oxygen atoms in total. The summed E-state index contributed by atoms with van der Waals surface area (Å²) in [6.07, 6.45) is 0.124. The number of para-hydroxylation sites is 1. The highest BCUT2D eigenvalue weighted by molar-refractivity contribution is 5.42. The number of nitrogens with zero attached hydrogens (tertiary/aromatic N) is 2. The molecule has 0 amide bonds. The summed E-state index contributed by atoms with van der Waals surface area (Å²) >= 11 is 0. The standard InChI is InChI=1S/C14H12N2O4/c17-15(18)13-9-5-4-8-12(13)14(16(19)20)10-11-6-2-1-3-7-11/h1-9,14H,10H2.